The molecule has 0 heterocycles. The Kier molecular flexibility index (Phi) is 6.50. The van der Waals surface area contributed by atoms with Crippen molar-refractivity contribution in [1.29, 1.82) is 0 Å². The maximum Gasteiger partial charge on any atom is 0.237 e. The van der Waals surface area contributed by atoms with E-state index in [1.807, 2.05) is 32.0 Å². The first kappa shape index (κ1) is 21.1. The number of anilines is 2. The van der Waals surface area contributed by atoms with Crippen LogP contribution in [-0.4, -0.2) is 8.76 Å². The fourth-order valence-electron chi connectivity index (χ4n) is 2.58. The molecule has 0 amide bonds. The first-order valence-electron chi connectivity index (χ1n) is 8.73. The van der Waals surface area contributed by atoms with E-state index in [1.165, 1.54) is 36.4 Å². The maximum atomic E-state index is 12.6. The molecule has 10 heteroatoms. The van der Waals surface area contributed by atoms with E-state index in [0.29, 0.717) is 11.4 Å². The monoisotopic (exact) mass is 425 g/mol. The van der Waals surface area contributed by atoms with Crippen LogP contribution in [0.4, 0.5) is 11.4 Å². The normalized spacial score (nSPS) is 13.2. The van der Waals surface area contributed by atoms with Gasteiger partial charge in [0.15, 0.2) is 5.36 Å². The number of rotatable bonds is 6. The van der Waals surface area contributed by atoms with Crippen LogP contribution in [0.5, 0.6) is 5.75 Å². The average Bonchev–Trinajstić information content (AvgIpc) is 2.69. The van der Waals surface area contributed by atoms with Crippen LogP contribution < -0.4 is 36.6 Å². The molecule has 3 aromatic rings. The summed E-state index contributed by atoms with van der Waals surface area (Å²) in [5.41, 5.74) is 7.45. The van der Waals surface area contributed by atoms with Gasteiger partial charge in [0.2, 0.25) is 10.9 Å². The molecule has 0 saturated heterocycles. The first-order chi connectivity index (χ1) is 14.3. The van der Waals surface area contributed by atoms with Crippen LogP contribution in [0.2, 0.25) is 0 Å². The van der Waals surface area contributed by atoms with Gasteiger partial charge in [-0.3, -0.25) is 20.4 Å². The van der Waals surface area contributed by atoms with E-state index >= 15 is 0 Å². The number of hydrogen-bond acceptors (Lipinski definition) is 9. The fourth-order valence-corrected chi connectivity index (χ4v) is 2.85. The van der Waals surface area contributed by atoms with Crippen molar-refractivity contribution in [3.8, 4) is 5.75 Å². The number of benzene rings is 3. The Morgan fingerprint density at radius 2 is 1.67 bits per heavy atom. The standard InChI is InChI=1S/C20H18N4O5S/c1-12-3-8-16(13(2)11-12)22-24-19-18(25)10-9-17(20(19)26)23-21-14-4-6-15(7-5-14)29-30(27)28/h3-11,21-22H,1-2H3,(H,27,28)/p-1. The van der Waals surface area contributed by atoms with Gasteiger partial charge in [-0.15, -0.1) is 0 Å². The zero-order valence-electron chi connectivity index (χ0n) is 16.0. The Morgan fingerprint density at radius 3 is 2.33 bits per heavy atom. The first-order valence-corrected chi connectivity index (χ1v) is 9.73. The van der Waals surface area contributed by atoms with Gasteiger partial charge in [-0.1, -0.05) is 17.7 Å². The van der Waals surface area contributed by atoms with E-state index in [0.717, 1.165) is 11.1 Å². The highest BCUT2D eigenvalue weighted by Crippen LogP contribution is 2.16. The molecule has 0 aromatic heterocycles. The third kappa shape index (κ3) is 5.25. The summed E-state index contributed by atoms with van der Waals surface area (Å²) in [5.74, 6) is 0.132. The predicted molar refractivity (Wildman–Crippen MR) is 112 cm³/mol. The minimum Gasteiger partial charge on any atom is -0.740 e. The molecular weight excluding hydrogens is 408 g/mol. The molecule has 3 aromatic carbocycles. The van der Waals surface area contributed by atoms with Crippen LogP contribution in [0.3, 0.4) is 0 Å². The lowest BCUT2D eigenvalue weighted by Crippen LogP contribution is -2.48. The van der Waals surface area contributed by atoms with Crippen LogP contribution in [0.15, 0.2) is 74.4 Å². The van der Waals surface area contributed by atoms with Gasteiger partial charge in [-0.25, -0.2) is 4.21 Å². The average molecular weight is 425 g/mol. The molecule has 0 bridgehead atoms. The van der Waals surface area contributed by atoms with Crippen molar-refractivity contribution in [3.63, 3.8) is 0 Å². The SMILES string of the molecule is Cc1ccc(NN=c2c(=O)ccc(=NNc3ccc(OS(=O)[O-])cc3)c2=O)c(C)c1. The summed E-state index contributed by atoms with van der Waals surface area (Å²) < 4.78 is 25.5. The highest BCUT2D eigenvalue weighted by Gasteiger charge is 2.03. The van der Waals surface area contributed by atoms with Crippen LogP contribution >= 0.6 is 0 Å². The van der Waals surface area contributed by atoms with Gasteiger partial charge in [-0.05, 0) is 61.9 Å². The third-order valence-corrected chi connectivity index (χ3v) is 4.40. The lowest BCUT2D eigenvalue weighted by molar-refractivity contribution is 0.440. The molecule has 30 heavy (non-hydrogen) atoms. The van der Waals surface area contributed by atoms with Gasteiger partial charge < -0.3 is 8.74 Å². The summed E-state index contributed by atoms with van der Waals surface area (Å²) in [6.07, 6.45) is 0. The van der Waals surface area contributed by atoms with Crippen LogP contribution in [-0.2, 0) is 11.4 Å². The number of nitrogens with zero attached hydrogens (tertiary/aromatic N) is 2. The van der Waals surface area contributed by atoms with Gasteiger partial charge in [0.1, 0.15) is 22.5 Å². The van der Waals surface area contributed by atoms with Crippen LogP contribution in [0, 0.1) is 13.8 Å². The minimum absolute atomic E-state index is 0.00299. The van der Waals surface area contributed by atoms with Crippen molar-refractivity contribution >= 4 is 22.7 Å². The highest BCUT2D eigenvalue weighted by atomic mass is 32.2. The molecule has 3 rings (SSSR count). The molecule has 0 spiro atoms. The van der Waals surface area contributed by atoms with Gasteiger partial charge in [0, 0.05) is 0 Å². The molecule has 0 aliphatic carbocycles. The van der Waals surface area contributed by atoms with Crippen molar-refractivity contribution < 1.29 is 12.9 Å². The fraction of sp³-hybridized carbons (Fsp3) is 0.100. The van der Waals surface area contributed by atoms with Crippen molar-refractivity contribution in [1.82, 2.24) is 0 Å². The Labute approximate surface area is 173 Å². The Bertz CT molecular complexity index is 1310. The zero-order chi connectivity index (χ0) is 21.7. The van der Waals surface area contributed by atoms with Crippen molar-refractivity contribution in [2.45, 2.75) is 13.8 Å². The maximum absolute atomic E-state index is 12.6. The summed E-state index contributed by atoms with van der Waals surface area (Å²) in [5, 5.41) is 7.70. The summed E-state index contributed by atoms with van der Waals surface area (Å²) in [4.78, 5) is 24.7. The number of aryl methyl sites for hydroxylation is 2. The molecule has 0 radical (unpaired) electrons. The van der Waals surface area contributed by atoms with Crippen molar-refractivity contribution in [2.75, 3.05) is 10.9 Å². The Hall–Kier alpha value is -3.63. The smallest absolute Gasteiger partial charge is 0.237 e. The summed E-state index contributed by atoms with van der Waals surface area (Å²) in [6, 6.07) is 14.0. The van der Waals surface area contributed by atoms with Gasteiger partial charge in [-0.2, -0.15) is 10.2 Å². The van der Waals surface area contributed by atoms with Gasteiger partial charge in [0.25, 0.3) is 0 Å². The van der Waals surface area contributed by atoms with Crippen molar-refractivity contribution in [3.05, 3.63) is 96.9 Å². The number of hydrogen-bond donors (Lipinski definition) is 2. The lowest BCUT2D eigenvalue weighted by Gasteiger charge is -2.07. The largest absolute Gasteiger partial charge is 0.740 e. The number of nitrogens with one attached hydrogen (secondary N) is 2. The molecule has 2 N–H and O–H groups in total. The summed E-state index contributed by atoms with van der Waals surface area (Å²) >= 11 is -2.66. The van der Waals surface area contributed by atoms with Crippen LogP contribution in [0.25, 0.3) is 0 Å². The molecule has 1 unspecified atom stereocenters. The minimum atomic E-state index is -2.66. The van der Waals surface area contributed by atoms with E-state index in [4.69, 9.17) is 0 Å². The molecular formula is C20H17N4O5S-. The molecule has 0 aliphatic heterocycles. The molecule has 154 valence electrons. The second kappa shape index (κ2) is 9.25. The zero-order valence-corrected chi connectivity index (χ0v) is 16.9. The third-order valence-electron chi connectivity index (χ3n) is 4.07. The van der Waals surface area contributed by atoms with Gasteiger partial charge >= 0.3 is 0 Å². The van der Waals surface area contributed by atoms with E-state index < -0.39 is 22.2 Å². The summed E-state index contributed by atoms with van der Waals surface area (Å²) in [7, 11) is 0. The second-order valence-corrected chi connectivity index (χ2v) is 6.91. The molecule has 0 saturated carbocycles. The van der Waals surface area contributed by atoms with Crippen LogP contribution in [0.1, 0.15) is 11.1 Å². The van der Waals surface area contributed by atoms with E-state index in [9.17, 15) is 18.4 Å². The van der Waals surface area contributed by atoms with E-state index in [1.54, 1.807) is 0 Å². The van der Waals surface area contributed by atoms with Crippen molar-refractivity contribution in [2.24, 2.45) is 10.2 Å². The molecule has 1 atom stereocenters. The highest BCUT2D eigenvalue weighted by molar-refractivity contribution is 7.74. The lowest BCUT2D eigenvalue weighted by atomic mass is 10.1. The molecule has 9 nitrogen and oxygen atoms in total. The predicted octanol–water partition coefficient (Wildman–Crippen LogP) is 0.928. The second-order valence-electron chi connectivity index (χ2n) is 6.34. The quantitative estimate of drug-likeness (QED) is 0.443. The summed E-state index contributed by atoms with van der Waals surface area (Å²) in [6.45, 7) is 3.85. The van der Waals surface area contributed by atoms with E-state index in [-0.39, 0.29) is 16.5 Å². The van der Waals surface area contributed by atoms with E-state index in [2.05, 4.69) is 25.2 Å². The molecule has 0 aliphatic rings. The van der Waals surface area contributed by atoms with Gasteiger partial charge in [0.05, 0.1) is 11.4 Å². The molecule has 0 fully saturated rings. The topological polar surface area (TPSA) is 132 Å². The Balaban J connectivity index is 1.87. The Morgan fingerprint density at radius 1 is 0.933 bits per heavy atom.